The van der Waals surface area contributed by atoms with Crippen LogP contribution in [0.4, 0.5) is 0 Å². The van der Waals surface area contributed by atoms with Crippen molar-refractivity contribution in [2.75, 3.05) is 0 Å². The molecule has 0 bridgehead atoms. The van der Waals surface area contributed by atoms with E-state index in [0.29, 0.717) is 0 Å². The molecule has 0 heterocycles. The molecular formula is C36H24. The van der Waals surface area contributed by atoms with Crippen molar-refractivity contribution >= 4 is 32.3 Å². The van der Waals surface area contributed by atoms with Crippen LogP contribution in [0.5, 0.6) is 0 Å². The first-order chi connectivity index (χ1) is 17.9. The maximum absolute atomic E-state index is 2.39. The third kappa shape index (κ3) is 3.31. The monoisotopic (exact) mass is 456 g/mol. The van der Waals surface area contributed by atoms with E-state index in [1.165, 1.54) is 65.7 Å². The van der Waals surface area contributed by atoms with Crippen LogP contribution in [0.1, 0.15) is 0 Å². The van der Waals surface area contributed by atoms with Crippen LogP contribution in [0, 0.1) is 0 Å². The number of fused-ring (bicyclic) bond motifs is 3. The van der Waals surface area contributed by atoms with Gasteiger partial charge in [-0.15, -0.1) is 0 Å². The van der Waals surface area contributed by atoms with Gasteiger partial charge >= 0.3 is 0 Å². The van der Waals surface area contributed by atoms with Gasteiger partial charge in [0.15, 0.2) is 0 Å². The molecule has 0 spiro atoms. The number of hydrogen-bond donors (Lipinski definition) is 0. The zero-order valence-electron chi connectivity index (χ0n) is 19.9. The third-order valence-electron chi connectivity index (χ3n) is 7.23. The fraction of sp³-hybridized carbons (Fsp3) is 0. The standard InChI is InChI=1S/C36H24/c1-3-13-25(14-4-1)29-19-9-10-20-30(29)36-32-22-12-11-21-31(32)35(26-15-5-2-6-16-26)33-23-27-17-7-8-18-28(27)24-34(33)36/h1-24H. The zero-order chi connectivity index (χ0) is 23.9. The summed E-state index contributed by atoms with van der Waals surface area (Å²) < 4.78 is 0. The van der Waals surface area contributed by atoms with Gasteiger partial charge in [0.25, 0.3) is 0 Å². The van der Waals surface area contributed by atoms with E-state index >= 15 is 0 Å². The van der Waals surface area contributed by atoms with E-state index in [2.05, 4.69) is 146 Å². The fourth-order valence-corrected chi connectivity index (χ4v) is 5.64. The highest BCUT2D eigenvalue weighted by Crippen LogP contribution is 2.46. The van der Waals surface area contributed by atoms with Crippen molar-refractivity contribution in [1.82, 2.24) is 0 Å². The maximum Gasteiger partial charge on any atom is -0.00199 e. The van der Waals surface area contributed by atoms with Crippen molar-refractivity contribution in [2.24, 2.45) is 0 Å². The quantitative estimate of drug-likeness (QED) is 0.232. The largest absolute Gasteiger partial charge is 0.0622 e. The molecule has 0 aromatic heterocycles. The summed E-state index contributed by atoms with van der Waals surface area (Å²) in [4.78, 5) is 0. The summed E-state index contributed by atoms with van der Waals surface area (Å²) in [5, 5.41) is 7.66. The first-order valence-electron chi connectivity index (χ1n) is 12.5. The molecule has 7 aromatic carbocycles. The Balaban J connectivity index is 1.71. The first kappa shape index (κ1) is 20.7. The lowest BCUT2D eigenvalue weighted by atomic mass is 9.83. The molecule has 0 aliphatic rings. The Morgan fingerprint density at radius 3 is 1.36 bits per heavy atom. The van der Waals surface area contributed by atoms with Gasteiger partial charge in [0, 0.05) is 0 Å². The minimum Gasteiger partial charge on any atom is -0.0622 e. The minimum absolute atomic E-state index is 1.23. The summed E-state index contributed by atoms with van der Waals surface area (Å²) >= 11 is 0. The topological polar surface area (TPSA) is 0 Å². The van der Waals surface area contributed by atoms with E-state index < -0.39 is 0 Å². The Bertz CT molecular complexity index is 1860. The lowest BCUT2D eigenvalue weighted by Gasteiger charge is -2.20. The lowest BCUT2D eigenvalue weighted by Crippen LogP contribution is -1.93. The summed E-state index contributed by atoms with van der Waals surface area (Å²) in [5.74, 6) is 0. The van der Waals surface area contributed by atoms with E-state index in [1.807, 2.05) is 0 Å². The Labute approximate surface area is 211 Å². The second-order valence-corrected chi connectivity index (χ2v) is 9.32. The van der Waals surface area contributed by atoms with Crippen molar-refractivity contribution in [2.45, 2.75) is 0 Å². The van der Waals surface area contributed by atoms with Crippen LogP contribution in [0.2, 0.25) is 0 Å². The van der Waals surface area contributed by atoms with Crippen molar-refractivity contribution in [1.29, 1.82) is 0 Å². The van der Waals surface area contributed by atoms with Crippen molar-refractivity contribution in [3.63, 3.8) is 0 Å². The maximum atomic E-state index is 2.39. The van der Waals surface area contributed by atoms with Gasteiger partial charge < -0.3 is 0 Å². The molecule has 0 nitrogen and oxygen atoms in total. The molecule has 0 saturated heterocycles. The Kier molecular flexibility index (Phi) is 4.89. The second kappa shape index (κ2) is 8.52. The van der Waals surface area contributed by atoms with Gasteiger partial charge in [0.1, 0.15) is 0 Å². The molecule has 0 unspecified atom stereocenters. The number of rotatable bonds is 3. The van der Waals surface area contributed by atoms with Crippen LogP contribution in [0.25, 0.3) is 65.7 Å². The van der Waals surface area contributed by atoms with Gasteiger partial charge in [0.05, 0.1) is 0 Å². The van der Waals surface area contributed by atoms with Crippen molar-refractivity contribution in [3.8, 4) is 33.4 Å². The summed E-state index contributed by atoms with van der Waals surface area (Å²) in [6.45, 7) is 0. The highest BCUT2D eigenvalue weighted by Gasteiger charge is 2.19. The molecule has 0 amide bonds. The van der Waals surface area contributed by atoms with Crippen molar-refractivity contribution < 1.29 is 0 Å². The summed E-state index contributed by atoms with van der Waals surface area (Å²) in [6, 6.07) is 52.7. The second-order valence-electron chi connectivity index (χ2n) is 9.32. The molecule has 0 heteroatoms. The smallest absolute Gasteiger partial charge is 0.00199 e. The molecule has 0 saturated carbocycles. The number of benzene rings is 7. The Hall–Kier alpha value is -4.68. The number of hydrogen-bond acceptors (Lipinski definition) is 0. The molecule has 0 aliphatic carbocycles. The Morgan fingerprint density at radius 1 is 0.278 bits per heavy atom. The predicted octanol–water partition coefficient (Wildman–Crippen LogP) is 10.1. The van der Waals surface area contributed by atoms with Gasteiger partial charge in [-0.05, 0) is 77.8 Å². The highest BCUT2D eigenvalue weighted by atomic mass is 14.2. The molecule has 0 aliphatic heterocycles. The highest BCUT2D eigenvalue weighted by molar-refractivity contribution is 6.24. The van der Waals surface area contributed by atoms with E-state index in [4.69, 9.17) is 0 Å². The molecule has 0 radical (unpaired) electrons. The van der Waals surface area contributed by atoms with E-state index in [9.17, 15) is 0 Å². The molecule has 0 N–H and O–H groups in total. The summed E-state index contributed by atoms with van der Waals surface area (Å²) in [6.07, 6.45) is 0. The van der Waals surface area contributed by atoms with Gasteiger partial charge in [-0.3, -0.25) is 0 Å². The van der Waals surface area contributed by atoms with Crippen LogP contribution in [-0.4, -0.2) is 0 Å². The Morgan fingerprint density at radius 2 is 0.722 bits per heavy atom. The van der Waals surface area contributed by atoms with Gasteiger partial charge in [-0.2, -0.15) is 0 Å². The molecule has 7 rings (SSSR count). The normalized spacial score (nSPS) is 11.3. The average Bonchev–Trinajstić information content (AvgIpc) is 2.96. The van der Waals surface area contributed by atoms with Gasteiger partial charge in [-0.25, -0.2) is 0 Å². The van der Waals surface area contributed by atoms with Crippen molar-refractivity contribution in [3.05, 3.63) is 146 Å². The fourth-order valence-electron chi connectivity index (χ4n) is 5.64. The zero-order valence-corrected chi connectivity index (χ0v) is 19.9. The van der Waals surface area contributed by atoms with Gasteiger partial charge in [-0.1, -0.05) is 133 Å². The molecular weight excluding hydrogens is 432 g/mol. The van der Waals surface area contributed by atoms with E-state index in [-0.39, 0.29) is 0 Å². The molecule has 36 heavy (non-hydrogen) atoms. The predicted molar refractivity (Wildman–Crippen MR) is 155 cm³/mol. The van der Waals surface area contributed by atoms with E-state index in [0.717, 1.165) is 0 Å². The molecule has 7 aromatic rings. The summed E-state index contributed by atoms with van der Waals surface area (Å²) in [5.41, 5.74) is 7.60. The van der Waals surface area contributed by atoms with Crippen LogP contribution in [-0.2, 0) is 0 Å². The molecule has 0 atom stereocenters. The van der Waals surface area contributed by atoms with Crippen LogP contribution in [0.15, 0.2) is 146 Å². The molecule has 0 fully saturated rings. The van der Waals surface area contributed by atoms with E-state index in [1.54, 1.807) is 0 Å². The minimum atomic E-state index is 1.23. The lowest BCUT2D eigenvalue weighted by molar-refractivity contribution is 1.61. The van der Waals surface area contributed by atoms with Crippen LogP contribution >= 0.6 is 0 Å². The summed E-state index contributed by atoms with van der Waals surface area (Å²) in [7, 11) is 0. The average molecular weight is 457 g/mol. The van der Waals surface area contributed by atoms with Crippen LogP contribution in [0.3, 0.4) is 0 Å². The molecule has 168 valence electrons. The van der Waals surface area contributed by atoms with Crippen LogP contribution < -0.4 is 0 Å². The third-order valence-corrected chi connectivity index (χ3v) is 7.23. The first-order valence-corrected chi connectivity index (χ1v) is 12.5. The van der Waals surface area contributed by atoms with Gasteiger partial charge in [0.2, 0.25) is 0 Å². The SMILES string of the molecule is c1ccc(-c2ccccc2-c2c3ccccc3c(-c3ccccc3)c3cc4ccccc4cc23)cc1.